The van der Waals surface area contributed by atoms with Gasteiger partial charge in [0.1, 0.15) is 0 Å². The average Bonchev–Trinajstić information content (AvgIpc) is 2.66. The van der Waals surface area contributed by atoms with E-state index in [0.717, 1.165) is 19.5 Å². The number of hydrogen-bond acceptors (Lipinski definition) is 5. The number of esters is 1. The van der Waals surface area contributed by atoms with Crippen LogP contribution in [-0.2, 0) is 9.53 Å². The molecule has 0 aromatic carbocycles. The van der Waals surface area contributed by atoms with Gasteiger partial charge in [-0.1, -0.05) is 0 Å². The van der Waals surface area contributed by atoms with Crippen LogP contribution in [0.2, 0.25) is 0 Å². The number of aliphatic hydroxyl groups is 2. The van der Waals surface area contributed by atoms with Crippen molar-refractivity contribution in [1.82, 2.24) is 4.90 Å². The summed E-state index contributed by atoms with van der Waals surface area (Å²) in [6.07, 6.45) is 0.0111. The predicted molar refractivity (Wildman–Crippen MR) is 63.5 cm³/mol. The first kappa shape index (κ1) is 14.4. The van der Waals surface area contributed by atoms with E-state index in [1.54, 1.807) is 13.8 Å². The molecule has 5 heteroatoms. The fourth-order valence-electron chi connectivity index (χ4n) is 2.20. The Labute approximate surface area is 102 Å². The Balaban J connectivity index is 2.23. The summed E-state index contributed by atoms with van der Waals surface area (Å²) < 4.78 is 4.78. The Bertz CT molecular complexity index is 245. The quantitative estimate of drug-likeness (QED) is 0.645. The summed E-state index contributed by atoms with van der Waals surface area (Å²) in [6.45, 7) is 6.02. The second kappa shape index (κ2) is 6.93. The zero-order valence-electron chi connectivity index (χ0n) is 10.6. The van der Waals surface area contributed by atoms with E-state index < -0.39 is 6.10 Å². The van der Waals surface area contributed by atoms with Crippen LogP contribution >= 0.6 is 0 Å². The molecule has 1 fully saturated rings. The van der Waals surface area contributed by atoms with Crippen molar-refractivity contribution in [2.75, 3.05) is 26.2 Å². The minimum atomic E-state index is -0.679. The van der Waals surface area contributed by atoms with Crippen molar-refractivity contribution in [2.45, 2.75) is 38.9 Å². The van der Waals surface area contributed by atoms with Crippen molar-refractivity contribution in [3.63, 3.8) is 0 Å². The molecule has 0 bridgehead atoms. The zero-order valence-corrected chi connectivity index (χ0v) is 10.6. The topological polar surface area (TPSA) is 70.0 Å². The van der Waals surface area contributed by atoms with Crippen molar-refractivity contribution in [2.24, 2.45) is 5.92 Å². The van der Waals surface area contributed by atoms with Crippen LogP contribution in [0.1, 0.15) is 26.7 Å². The predicted octanol–water partition coefficient (Wildman–Crippen LogP) is 0.00320. The molecule has 2 N–H and O–H groups in total. The molecule has 0 spiro atoms. The highest BCUT2D eigenvalue weighted by Gasteiger charge is 2.27. The number of carbonyl (C=O) groups is 1. The van der Waals surface area contributed by atoms with E-state index in [1.807, 2.05) is 0 Å². The molecule has 5 nitrogen and oxygen atoms in total. The number of ether oxygens (including phenoxy) is 1. The average molecular weight is 245 g/mol. The maximum Gasteiger partial charge on any atom is 0.308 e. The van der Waals surface area contributed by atoms with E-state index in [9.17, 15) is 15.0 Å². The van der Waals surface area contributed by atoms with Crippen molar-refractivity contribution < 1.29 is 19.7 Å². The van der Waals surface area contributed by atoms with Crippen LogP contribution in [0, 0.1) is 5.92 Å². The Morgan fingerprint density at radius 1 is 1.53 bits per heavy atom. The molecule has 0 saturated carbocycles. The highest BCUT2D eigenvalue weighted by atomic mass is 16.5. The molecule has 100 valence electrons. The maximum absolute atomic E-state index is 11.2. The van der Waals surface area contributed by atoms with Gasteiger partial charge in [0.25, 0.3) is 0 Å². The fourth-order valence-corrected chi connectivity index (χ4v) is 2.20. The molecule has 3 atom stereocenters. The number of hydrogen-bond donors (Lipinski definition) is 2. The first-order valence-corrected chi connectivity index (χ1v) is 6.27. The van der Waals surface area contributed by atoms with Crippen molar-refractivity contribution in [3.05, 3.63) is 0 Å². The summed E-state index contributed by atoms with van der Waals surface area (Å²) in [5, 5.41) is 19.2. The van der Waals surface area contributed by atoms with Crippen LogP contribution < -0.4 is 0 Å². The molecule has 1 aliphatic rings. The minimum absolute atomic E-state index is 0.0453. The van der Waals surface area contributed by atoms with Gasteiger partial charge in [0.2, 0.25) is 0 Å². The van der Waals surface area contributed by atoms with Crippen LogP contribution in [0.15, 0.2) is 0 Å². The summed E-state index contributed by atoms with van der Waals surface area (Å²) >= 11 is 0. The Hall–Kier alpha value is -0.650. The van der Waals surface area contributed by atoms with Crippen LogP contribution in [-0.4, -0.2) is 59.5 Å². The lowest BCUT2D eigenvalue weighted by molar-refractivity contribution is -0.145. The summed E-state index contributed by atoms with van der Waals surface area (Å²) in [4.78, 5) is 13.2. The van der Waals surface area contributed by atoms with Crippen molar-refractivity contribution >= 4 is 5.97 Å². The molecule has 1 heterocycles. The van der Waals surface area contributed by atoms with Gasteiger partial charge < -0.3 is 19.8 Å². The standard InChI is InChI=1S/C12H23NO4/c1-3-17-12(16)6-11(15)8-13-5-4-10(7-13)9(2)14/h9-11,14-15H,3-8H2,1-2H3. The number of rotatable bonds is 6. The zero-order chi connectivity index (χ0) is 12.8. The lowest BCUT2D eigenvalue weighted by atomic mass is 10.0. The van der Waals surface area contributed by atoms with Gasteiger partial charge >= 0.3 is 5.97 Å². The van der Waals surface area contributed by atoms with Gasteiger partial charge in [-0.05, 0) is 32.7 Å². The van der Waals surface area contributed by atoms with E-state index in [0.29, 0.717) is 13.2 Å². The molecular weight excluding hydrogens is 222 g/mol. The molecule has 1 rings (SSSR count). The number of likely N-dealkylation sites (tertiary alicyclic amines) is 1. The van der Waals surface area contributed by atoms with Crippen molar-refractivity contribution in [1.29, 1.82) is 0 Å². The van der Waals surface area contributed by atoms with Crippen LogP contribution in [0.4, 0.5) is 0 Å². The molecule has 17 heavy (non-hydrogen) atoms. The SMILES string of the molecule is CCOC(=O)CC(O)CN1CCC(C(C)O)C1. The molecule has 0 aromatic heterocycles. The third-order valence-electron chi connectivity index (χ3n) is 3.17. The van der Waals surface area contributed by atoms with Gasteiger partial charge in [-0.25, -0.2) is 0 Å². The normalized spacial score (nSPS) is 24.6. The first-order chi connectivity index (χ1) is 8.02. The van der Waals surface area contributed by atoms with Crippen LogP contribution in [0.25, 0.3) is 0 Å². The summed E-state index contributed by atoms with van der Waals surface area (Å²) in [6, 6.07) is 0. The third kappa shape index (κ3) is 5.02. The summed E-state index contributed by atoms with van der Waals surface area (Å²) in [7, 11) is 0. The monoisotopic (exact) mass is 245 g/mol. The van der Waals surface area contributed by atoms with Gasteiger partial charge in [0.05, 0.1) is 25.2 Å². The lowest BCUT2D eigenvalue weighted by Gasteiger charge is -2.20. The maximum atomic E-state index is 11.2. The van der Waals surface area contributed by atoms with Gasteiger partial charge in [0.15, 0.2) is 0 Å². The second-order valence-corrected chi connectivity index (χ2v) is 4.71. The van der Waals surface area contributed by atoms with Crippen molar-refractivity contribution in [3.8, 4) is 0 Å². The summed E-state index contributed by atoms with van der Waals surface area (Å²) in [5.41, 5.74) is 0. The Morgan fingerprint density at radius 3 is 2.76 bits per heavy atom. The molecule has 0 amide bonds. The molecule has 0 aliphatic carbocycles. The van der Waals surface area contributed by atoms with E-state index in [4.69, 9.17) is 4.74 Å². The molecule has 0 radical (unpaired) electrons. The smallest absolute Gasteiger partial charge is 0.308 e. The third-order valence-corrected chi connectivity index (χ3v) is 3.17. The highest BCUT2D eigenvalue weighted by molar-refractivity contribution is 5.69. The van der Waals surface area contributed by atoms with E-state index >= 15 is 0 Å². The number of carbonyl (C=O) groups excluding carboxylic acids is 1. The van der Waals surface area contributed by atoms with E-state index in [1.165, 1.54) is 0 Å². The molecule has 1 aliphatic heterocycles. The number of β-amino-alcohol motifs (C(OH)–C–C–N with tert-alkyl or cyclic N) is 1. The van der Waals surface area contributed by atoms with E-state index in [-0.39, 0.29) is 24.4 Å². The Kier molecular flexibility index (Phi) is 5.88. The van der Waals surface area contributed by atoms with Gasteiger partial charge in [-0.15, -0.1) is 0 Å². The lowest BCUT2D eigenvalue weighted by Crippen LogP contribution is -2.33. The molecule has 0 aromatic rings. The first-order valence-electron chi connectivity index (χ1n) is 6.27. The van der Waals surface area contributed by atoms with Gasteiger partial charge in [0, 0.05) is 13.1 Å². The van der Waals surface area contributed by atoms with Crippen LogP contribution in [0.5, 0.6) is 0 Å². The molecule has 1 saturated heterocycles. The fraction of sp³-hybridized carbons (Fsp3) is 0.917. The number of nitrogens with zero attached hydrogens (tertiary/aromatic N) is 1. The second-order valence-electron chi connectivity index (χ2n) is 4.71. The highest BCUT2D eigenvalue weighted by Crippen LogP contribution is 2.19. The minimum Gasteiger partial charge on any atom is -0.466 e. The Morgan fingerprint density at radius 2 is 2.24 bits per heavy atom. The molecule has 3 unspecified atom stereocenters. The van der Waals surface area contributed by atoms with Gasteiger partial charge in [-0.2, -0.15) is 0 Å². The summed E-state index contributed by atoms with van der Waals surface area (Å²) in [5.74, 6) is -0.0731. The number of aliphatic hydroxyl groups excluding tert-OH is 2. The molecular formula is C12H23NO4. The van der Waals surface area contributed by atoms with Gasteiger partial charge in [-0.3, -0.25) is 4.79 Å². The largest absolute Gasteiger partial charge is 0.466 e. The van der Waals surface area contributed by atoms with E-state index in [2.05, 4.69) is 4.90 Å². The van der Waals surface area contributed by atoms with Crippen LogP contribution in [0.3, 0.4) is 0 Å².